The van der Waals surface area contributed by atoms with Crippen molar-refractivity contribution in [3.8, 4) is 0 Å². The van der Waals surface area contributed by atoms with E-state index in [0.29, 0.717) is 0 Å². The van der Waals surface area contributed by atoms with Gasteiger partial charge in [-0.05, 0) is 18.9 Å². The molecule has 1 unspecified atom stereocenters. The number of rotatable bonds is 4. The maximum Gasteiger partial charge on any atom is 0.0790 e. The van der Waals surface area contributed by atoms with Crippen molar-refractivity contribution in [1.82, 2.24) is 0 Å². The van der Waals surface area contributed by atoms with Crippen molar-refractivity contribution in [1.29, 1.82) is 0 Å². The van der Waals surface area contributed by atoms with Gasteiger partial charge in [-0.15, -0.1) is 0 Å². The van der Waals surface area contributed by atoms with E-state index in [2.05, 4.69) is 13.8 Å². The van der Waals surface area contributed by atoms with E-state index in [1.54, 1.807) is 0 Å². The number of unbranched alkanes of at least 4 members (excludes halogenated alkanes) is 1. The molecule has 0 radical (unpaired) electrons. The summed E-state index contributed by atoms with van der Waals surface area (Å²) in [4.78, 5) is 0. The van der Waals surface area contributed by atoms with Crippen LogP contribution in [0.2, 0.25) is 0 Å². The maximum atomic E-state index is 9.74. The summed E-state index contributed by atoms with van der Waals surface area (Å²) in [5.41, 5.74) is 2.28. The van der Waals surface area contributed by atoms with Crippen molar-refractivity contribution < 1.29 is 5.11 Å². The highest BCUT2D eigenvalue weighted by Crippen LogP contribution is 2.19. The van der Waals surface area contributed by atoms with E-state index < -0.39 is 0 Å². The fraction of sp³-hybridized carbons (Fsp3) is 0.500. The first kappa shape index (κ1) is 10.3. The Hall–Kier alpha value is -0.820. The molecule has 1 heteroatoms. The zero-order chi connectivity index (χ0) is 9.68. The van der Waals surface area contributed by atoms with Gasteiger partial charge in [0.05, 0.1) is 6.10 Å². The highest BCUT2D eigenvalue weighted by atomic mass is 16.3. The summed E-state index contributed by atoms with van der Waals surface area (Å²) in [6.07, 6.45) is 2.83. The quantitative estimate of drug-likeness (QED) is 0.750. The Morgan fingerprint density at radius 3 is 2.38 bits per heavy atom. The monoisotopic (exact) mass is 178 g/mol. The zero-order valence-electron chi connectivity index (χ0n) is 8.46. The second-order valence-corrected chi connectivity index (χ2v) is 3.57. The number of benzene rings is 1. The van der Waals surface area contributed by atoms with Crippen molar-refractivity contribution in [3.05, 3.63) is 35.4 Å². The minimum absolute atomic E-state index is 0.277. The normalized spacial score (nSPS) is 12.8. The summed E-state index contributed by atoms with van der Waals surface area (Å²) >= 11 is 0. The average molecular weight is 178 g/mol. The van der Waals surface area contributed by atoms with Crippen LogP contribution in [0.5, 0.6) is 0 Å². The molecule has 0 fully saturated rings. The van der Waals surface area contributed by atoms with Crippen molar-refractivity contribution in [2.24, 2.45) is 0 Å². The van der Waals surface area contributed by atoms with E-state index in [9.17, 15) is 5.11 Å². The highest BCUT2D eigenvalue weighted by Gasteiger charge is 2.05. The van der Waals surface area contributed by atoms with Crippen LogP contribution in [0.4, 0.5) is 0 Å². The summed E-state index contributed by atoms with van der Waals surface area (Å²) in [7, 11) is 0. The summed E-state index contributed by atoms with van der Waals surface area (Å²) < 4.78 is 0. The lowest BCUT2D eigenvalue weighted by Crippen LogP contribution is -1.96. The molecule has 0 aliphatic carbocycles. The van der Waals surface area contributed by atoms with E-state index in [4.69, 9.17) is 0 Å². The first-order valence-corrected chi connectivity index (χ1v) is 4.98. The van der Waals surface area contributed by atoms with Gasteiger partial charge in [0.1, 0.15) is 0 Å². The molecule has 0 saturated heterocycles. The molecular weight excluding hydrogens is 160 g/mol. The minimum Gasteiger partial charge on any atom is -0.388 e. The maximum absolute atomic E-state index is 9.74. The highest BCUT2D eigenvalue weighted by molar-refractivity contribution is 5.22. The van der Waals surface area contributed by atoms with E-state index in [-0.39, 0.29) is 6.10 Å². The van der Waals surface area contributed by atoms with Crippen LogP contribution < -0.4 is 0 Å². The van der Waals surface area contributed by atoms with Crippen LogP contribution >= 0.6 is 0 Å². The Morgan fingerprint density at radius 2 is 1.85 bits per heavy atom. The second-order valence-electron chi connectivity index (χ2n) is 3.57. The van der Waals surface area contributed by atoms with Crippen molar-refractivity contribution >= 4 is 0 Å². The molecule has 0 aliphatic rings. The molecule has 0 spiro atoms. The molecule has 0 amide bonds. The standard InChI is InChI=1S/C12H18O/c1-3-4-5-12(13)11-8-6-10(2)7-9-11/h6-9,12-13H,3-5H2,1-2H3. The Balaban J connectivity index is 2.55. The van der Waals surface area contributed by atoms with Gasteiger partial charge in [-0.2, -0.15) is 0 Å². The van der Waals surface area contributed by atoms with Crippen LogP contribution in [-0.4, -0.2) is 5.11 Å². The van der Waals surface area contributed by atoms with Gasteiger partial charge in [-0.3, -0.25) is 0 Å². The molecule has 1 aromatic carbocycles. The van der Waals surface area contributed by atoms with E-state index in [1.165, 1.54) is 5.56 Å². The SMILES string of the molecule is CCCCC(O)c1ccc(C)cc1. The third-order valence-electron chi connectivity index (χ3n) is 2.29. The van der Waals surface area contributed by atoms with Gasteiger partial charge in [0.25, 0.3) is 0 Å². The van der Waals surface area contributed by atoms with Crippen LogP contribution in [-0.2, 0) is 0 Å². The predicted molar refractivity (Wildman–Crippen MR) is 55.7 cm³/mol. The Morgan fingerprint density at radius 1 is 1.23 bits per heavy atom. The van der Waals surface area contributed by atoms with E-state index in [0.717, 1.165) is 24.8 Å². The zero-order valence-corrected chi connectivity index (χ0v) is 8.46. The smallest absolute Gasteiger partial charge is 0.0790 e. The van der Waals surface area contributed by atoms with Gasteiger partial charge in [0.15, 0.2) is 0 Å². The fourth-order valence-electron chi connectivity index (χ4n) is 1.35. The predicted octanol–water partition coefficient (Wildman–Crippen LogP) is 3.22. The minimum atomic E-state index is -0.277. The van der Waals surface area contributed by atoms with Gasteiger partial charge in [-0.1, -0.05) is 49.6 Å². The molecule has 1 rings (SSSR count). The Bertz CT molecular complexity index is 238. The Labute approximate surface area is 80.4 Å². The molecule has 1 aromatic rings. The first-order valence-electron chi connectivity index (χ1n) is 4.98. The van der Waals surface area contributed by atoms with Gasteiger partial charge in [0.2, 0.25) is 0 Å². The third-order valence-corrected chi connectivity index (χ3v) is 2.29. The molecule has 0 heterocycles. The van der Waals surface area contributed by atoms with E-state index in [1.807, 2.05) is 24.3 Å². The Kier molecular flexibility index (Phi) is 3.97. The van der Waals surface area contributed by atoms with Gasteiger partial charge < -0.3 is 5.11 Å². The number of aliphatic hydroxyl groups is 1. The number of hydrogen-bond acceptors (Lipinski definition) is 1. The lowest BCUT2D eigenvalue weighted by atomic mass is 10.0. The average Bonchev–Trinajstić information content (AvgIpc) is 2.15. The summed E-state index contributed by atoms with van der Waals surface area (Å²) in [6, 6.07) is 8.11. The van der Waals surface area contributed by atoms with Crippen LogP contribution in [0.25, 0.3) is 0 Å². The summed E-state index contributed by atoms with van der Waals surface area (Å²) in [5, 5.41) is 9.74. The van der Waals surface area contributed by atoms with Crippen LogP contribution in [0, 0.1) is 6.92 Å². The molecular formula is C12H18O. The number of aryl methyl sites for hydroxylation is 1. The molecule has 1 N–H and O–H groups in total. The molecule has 1 atom stereocenters. The molecule has 72 valence electrons. The summed E-state index contributed by atoms with van der Waals surface area (Å²) in [5.74, 6) is 0. The van der Waals surface area contributed by atoms with Crippen molar-refractivity contribution in [2.75, 3.05) is 0 Å². The molecule has 0 aromatic heterocycles. The van der Waals surface area contributed by atoms with E-state index >= 15 is 0 Å². The van der Waals surface area contributed by atoms with Crippen LogP contribution in [0.15, 0.2) is 24.3 Å². The topological polar surface area (TPSA) is 20.2 Å². The lowest BCUT2D eigenvalue weighted by Gasteiger charge is -2.09. The second kappa shape index (κ2) is 5.03. The van der Waals surface area contributed by atoms with Crippen molar-refractivity contribution in [2.45, 2.75) is 39.2 Å². The number of hydrogen-bond donors (Lipinski definition) is 1. The molecule has 0 saturated carbocycles. The molecule has 0 aliphatic heterocycles. The third kappa shape index (κ3) is 3.19. The van der Waals surface area contributed by atoms with Gasteiger partial charge in [-0.25, -0.2) is 0 Å². The largest absolute Gasteiger partial charge is 0.388 e. The van der Waals surface area contributed by atoms with Gasteiger partial charge >= 0.3 is 0 Å². The van der Waals surface area contributed by atoms with Crippen molar-refractivity contribution in [3.63, 3.8) is 0 Å². The van der Waals surface area contributed by atoms with Crippen LogP contribution in [0.1, 0.15) is 43.4 Å². The van der Waals surface area contributed by atoms with Crippen LogP contribution in [0.3, 0.4) is 0 Å². The molecule has 0 bridgehead atoms. The number of aliphatic hydroxyl groups excluding tert-OH is 1. The molecule has 13 heavy (non-hydrogen) atoms. The fourth-order valence-corrected chi connectivity index (χ4v) is 1.35. The van der Waals surface area contributed by atoms with Gasteiger partial charge in [0, 0.05) is 0 Å². The summed E-state index contributed by atoms with van der Waals surface area (Å²) in [6.45, 7) is 4.20. The lowest BCUT2D eigenvalue weighted by molar-refractivity contribution is 0.164. The molecule has 1 nitrogen and oxygen atoms in total. The first-order chi connectivity index (χ1) is 6.24.